The fourth-order valence-corrected chi connectivity index (χ4v) is 1.30. The highest BCUT2D eigenvalue weighted by molar-refractivity contribution is 5.97. The van der Waals surface area contributed by atoms with Gasteiger partial charge < -0.3 is 11.1 Å². The summed E-state index contributed by atoms with van der Waals surface area (Å²) in [6.45, 7) is 0.735. The predicted molar refractivity (Wildman–Crippen MR) is 63.9 cm³/mol. The number of hydrogen-bond donors (Lipinski definition) is 2. The molecule has 0 fully saturated rings. The predicted octanol–water partition coefficient (Wildman–Crippen LogP) is 1.40. The van der Waals surface area contributed by atoms with Crippen LogP contribution in [-0.4, -0.2) is 17.4 Å². The number of hydrogen-bond acceptors (Lipinski definition) is 3. The maximum atomic E-state index is 11.1. The maximum Gasteiger partial charge on any atom is 0.252 e. The number of rotatable bonds is 6. The minimum Gasteiger partial charge on any atom is -0.369 e. The van der Waals surface area contributed by atoms with Crippen LogP contribution in [0.25, 0.3) is 0 Å². The van der Waals surface area contributed by atoms with Crippen molar-refractivity contribution in [1.82, 2.24) is 4.98 Å². The molecule has 0 spiro atoms. The minimum atomic E-state index is -0.473. The Bertz CT molecular complexity index is 395. The molecule has 3 N–H and O–H groups in total. The molecule has 0 aromatic carbocycles. The SMILES string of the molecule is C#CCCCCNc1ncccc1C(N)=O. The first kappa shape index (κ1) is 12.1. The van der Waals surface area contributed by atoms with Crippen LogP contribution in [0.4, 0.5) is 5.82 Å². The molecule has 1 aromatic heterocycles. The van der Waals surface area contributed by atoms with E-state index in [9.17, 15) is 4.79 Å². The number of carbonyl (C=O) groups is 1. The van der Waals surface area contributed by atoms with E-state index in [1.54, 1.807) is 18.3 Å². The quantitative estimate of drug-likeness (QED) is 0.559. The third kappa shape index (κ3) is 3.62. The van der Waals surface area contributed by atoms with Crippen molar-refractivity contribution in [1.29, 1.82) is 0 Å². The monoisotopic (exact) mass is 217 g/mol. The molecule has 0 aliphatic carbocycles. The summed E-state index contributed by atoms with van der Waals surface area (Å²) in [6.07, 6.45) is 9.44. The molecule has 16 heavy (non-hydrogen) atoms. The average Bonchev–Trinajstić information content (AvgIpc) is 2.29. The van der Waals surface area contributed by atoms with E-state index in [4.69, 9.17) is 12.2 Å². The molecule has 0 bridgehead atoms. The molecule has 4 heteroatoms. The van der Waals surface area contributed by atoms with Gasteiger partial charge in [0, 0.05) is 19.2 Å². The fraction of sp³-hybridized carbons (Fsp3) is 0.333. The maximum absolute atomic E-state index is 11.1. The number of aromatic nitrogens is 1. The van der Waals surface area contributed by atoms with E-state index < -0.39 is 5.91 Å². The Morgan fingerprint density at radius 2 is 2.38 bits per heavy atom. The van der Waals surface area contributed by atoms with Crippen LogP contribution in [0.1, 0.15) is 29.6 Å². The summed E-state index contributed by atoms with van der Waals surface area (Å²) in [4.78, 5) is 15.1. The van der Waals surface area contributed by atoms with Gasteiger partial charge in [0.15, 0.2) is 0 Å². The van der Waals surface area contributed by atoms with Gasteiger partial charge in [0.2, 0.25) is 0 Å². The number of anilines is 1. The average molecular weight is 217 g/mol. The zero-order valence-corrected chi connectivity index (χ0v) is 9.07. The molecule has 4 nitrogen and oxygen atoms in total. The Balaban J connectivity index is 2.47. The van der Waals surface area contributed by atoms with Gasteiger partial charge in [-0.3, -0.25) is 4.79 Å². The molecule has 0 aliphatic heterocycles. The van der Waals surface area contributed by atoms with Crippen LogP contribution >= 0.6 is 0 Å². The van der Waals surface area contributed by atoms with Gasteiger partial charge in [0.1, 0.15) is 5.82 Å². The first-order valence-electron chi connectivity index (χ1n) is 5.18. The lowest BCUT2D eigenvalue weighted by atomic mass is 10.2. The lowest BCUT2D eigenvalue weighted by Crippen LogP contribution is -2.15. The number of pyridine rings is 1. The van der Waals surface area contributed by atoms with Gasteiger partial charge in [-0.1, -0.05) is 0 Å². The Morgan fingerprint density at radius 3 is 3.06 bits per heavy atom. The van der Waals surface area contributed by atoms with Gasteiger partial charge in [0.05, 0.1) is 5.56 Å². The van der Waals surface area contributed by atoms with Crippen molar-refractivity contribution in [3.63, 3.8) is 0 Å². The van der Waals surface area contributed by atoms with E-state index in [1.807, 2.05) is 0 Å². The van der Waals surface area contributed by atoms with Crippen LogP contribution < -0.4 is 11.1 Å². The van der Waals surface area contributed by atoms with E-state index in [1.165, 1.54) is 0 Å². The Labute approximate surface area is 95.3 Å². The van der Waals surface area contributed by atoms with Gasteiger partial charge in [-0.15, -0.1) is 12.3 Å². The van der Waals surface area contributed by atoms with Crippen molar-refractivity contribution in [3.05, 3.63) is 23.9 Å². The van der Waals surface area contributed by atoms with Crippen LogP contribution in [-0.2, 0) is 0 Å². The molecule has 0 atom stereocenters. The fourth-order valence-electron chi connectivity index (χ4n) is 1.30. The molecule has 0 saturated carbocycles. The molecule has 1 aromatic rings. The van der Waals surface area contributed by atoms with Gasteiger partial charge in [-0.2, -0.15) is 0 Å². The van der Waals surface area contributed by atoms with Gasteiger partial charge in [-0.05, 0) is 25.0 Å². The topological polar surface area (TPSA) is 68.0 Å². The third-order valence-corrected chi connectivity index (χ3v) is 2.11. The van der Waals surface area contributed by atoms with Crippen LogP contribution in [0.3, 0.4) is 0 Å². The standard InChI is InChI=1S/C12H15N3O/c1-2-3-4-5-8-14-12-10(11(13)16)7-6-9-15-12/h1,6-7,9H,3-5,8H2,(H2,13,16)(H,14,15). The number of nitrogens with two attached hydrogens (primary N) is 1. The van der Waals surface area contributed by atoms with Crippen LogP contribution in [0.2, 0.25) is 0 Å². The van der Waals surface area contributed by atoms with E-state index in [2.05, 4.69) is 16.2 Å². The molecule has 0 aliphatic rings. The molecule has 1 heterocycles. The first-order chi connectivity index (χ1) is 7.75. The molecular formula is C12H15N3O. The van der Waals surface area contributed by atoms with Crippen LogP contribution in [0.15, 0.2) is 18.3 Å². The number of unbranched alkanes of at least 4 members (excludes halogenated alkanes) is 2. The number of terminal acetylenes is 1. The largest absolute Gasteiger partial charge is 0.369 e. The number of amides is 1. The number of nitrogens with one attached hydrogen (secondary N) is 1. The van der Waals surface area contributed by atoms with Crippen molar-refractivity contribution < 1.29 is 4.79 Å². The molecule has 1 amide bonds. The zero-order valence-electron chi connectivity index (χ0n) is 9.07. The lowest BCUT2D eigenvalue weighted by Gasteiger charge is -2.07. The highest BCUT2D eigenvalue weighted by atomic mass is 16.1. The Hall–Kier alpha value is -2.02. The summed E-state index contributed by atoms with van der Waals surface area (Å²) in [7, 11) is 0. The summed E-state index contributed by atoms with van der Waals surface area (Å²) >= 11 is 0. The Kier molecular flexibility index (Phi) is 4.87. The third-order valence-electron chi connectivity index (χ3n) is 2.11. The summed E-state index contributed by atoms with van der Waals surface area (Å²) < 4.78 is 0. The summed E-state index contributed by atoms with van der Waals surface area (Å²) in [6, 6.07) is 3.34. The molecule has 1 rings (SSSR count). The van der Waals surface area contributed by atoms with E-state index >= 15 is 0 Å². The second kappa shape index (κ2) is 6.46. The van der Waals surface area contributed by atoms with Crippen molar-refractivity contribution in [3.8, 4) is 12.3 Å². The van der Waals surface area contributed by atoms with Crippen LogP contribution in [0.5, 0.6) is 0 Å². The summed E-state index contributed by atoms with van der Waals surface area (Å²) in [5, 5.41) is 3.07. The molecular weight excluding hydrogens is 202 g/mol. The molecule has 0 unspecified atom stereocenters. The highest BCUT2D eigenvalue weighted by Gasteiger charge is 2.07. The van der Waals surface area contributed by atoms with Crippen LogP contribution in [0, 0.1) is 12.3 Å². The molecule has 84 valence electrons. The van der Waals surface area contributed by atoms with E-state index in [0.29, 0.717) is 11.4 Å². The smallest absolute Gasteiger partial charge is 0.252 e. The van der Waals surface area contributed by atoms with Crippen molar-refractivity contribution in [2.75, 3.05) is 11.9 Å². The molecule has 0 saturated heterocycles. The van der Waals surface area contributed by atoms with Crippen molar-refractivity contribution in [2.24, 2.45) is 5.73 Å². The Morgan fingerprint density at radius 1 is 1.56 bits per heavy atom. The zero-order chi connectivity index (χ0) is 11.8. The normalized spacial score (nSPS) is 9.44. The van der Waals surface area contributed by atoms with Gasteiger partial charge >= 0.3 is 0 Å². The lowest BCUT2D eigenvalue weighted by molar-refractivity contribution is 0.100. The van der Waals surface area contributed by atoms with Gasteiger partial charge in [0.25, 0.3) is 5.91 Å². The number of carbonyl (C=O) groups excluding carboxylic acids is 1. The second-order valence-corrected chi connectivity index (χ2v) is 3.35. The van der Waals surface area contributed by atoms with E-state index in [-0.39, 0.29) is 0 Å². The van der Waals surface area contributed by atoms with E-state index in [0.717, 1.165) is 25.8 Å². The summed E-state index contributed by atoms with van der Waals surface area (Å²) in [5.41, 5.74) is 5.64. The number of nitrogens with zero attached hydrogens (tertiary/aromatic N) is 1. The van der Waals surface area contributed by atoms with Crippen molar-refractivity contribution >= 4 is 11.7 Å². The van der Waals surface area contributed by atoms with Crippen molar-refractivity contribution in [2.45, 2.75) is 19.3 Å². The first-order valence-corrected chi connectivity index (χ1v) is 5.18. The summed E-state index contributed by atoms with van der Waals surface area (Å²) in [5.74, 6) is 2.64. The second-order valence-electron chi connectivity index (χ2n) is 3.35. The minimum absolute atomic E-state index is 0.416. The van der Waals surface area contributed by atoms with Gasteiger partial charge in [-0.25, -0.2) is 4.98 Å². The molecule has 0 radical (unpaired) electrons. The highest BCUT2D eigenvalue weighted by Crippen LogP contribution is 2.10. The number of primary amides is 1.